The lowest BCUT2D eigenvalue weighted by molar-refractivity contribution is 0.376. The van der Waals surface area contributed by atoms with Gasteiger partial charge in [-0.25, -0.2) is 0 Å². The number of nitrogens with zero attached hydrogens (tertiary/aromatic N) is 1. The maximum absolute atomic E-state index is 5.92. The van der Waals surface area contributed by atoms with Crippen LogP contribution < -0.4 is 14.8 Å². The van der Waals surface area contributed by atoms with Gasteiger partial charge >= 0.3 is 0 Å². The highest BCUT2D eigenvalue weighted by Crippen LogP contribution is 2.36. The predicted molar refractivity (Wildman–Crippen MR) is 84.3 cm³/mol. The van der Waals surface area contributed by atoms with Crippen molar-refractivity contribution in [1.82, 2.24) is 10.3 Å². The van der Waals surface area contributed by atoms with Crippen LogP contribution in [-0.4, -0.2) is 25.7 Å². The van der Waals surface area contributed by atoms with Gasteiger partial charge in [0.25, 0.3) is 0 Å². The number of hydrogen-bond acceptors (Lipinski definition) is 4. The molecule has 1 heterocycles. The summed E-state index contributed by atoms with van der Waals surface area (Å²) in [5.74, 6) is 1.52. The first-order valence-corrected chi connectivity index (χ1v) is 7.14. The largest absolute Gasteiger partial charge is 0.496 e. The molecule has 0 saturated heterocycles. The summed E-state index contributed by atoms with van der Waals surface area (Å²) in [6.07, 6.45) is 1.64. The van der Waals surface area contributed by atoms with Gasteiger partial charge < -0.3 is 14.8 Å². The maximum Gasteiger partial charge on any atom is 0.127 e. The number of aromatic nitrogens is 1. The average Bonchev–Trinajstić information content (AvgIpc) is 2.53. The summed E-state index contributed by atoms with van der Waals surface area (Å²) in [5.41, 5.74) is 1.79. The van der Waals surface area contributed by atoms with Crippen molar-refractivity contribution in [2.75, 3.05) is 20.8 Å². The van der Waals surface area contributed by atoms with E-state index in [9.17, 15) is 0 Å². The SMILES string of the molecule is CCNC(c1ccc(Cl)cn1)c1c(OC)cccc1OC. The van der Waals surface area contributed by atoms with Crippen molar-refractivity contribution >= 4 is 11.6 Å². The fraction of sp³-hybridized carbons (Fsp3) is 0.312. The van der Waals surface area contributed by atoms with E-state index in [1.165, 1.54) is 0 Å². The van der Waals surface area contributed by atoms with Crippen molar-refractivity contribution in [2.24, 2.45) is 0 Å². The van der Waals surface area contributed by atoms with Crippen LogP contribution in [0.4, 0.5) is 0 Å². The minimum Gasteiger partial charge on any atom is -0.496 e. The van der Waals surface area contributed by atoms with E-state index in [4.69, 9.17) is 21.1 Å². The highest BCUT2D eigenvalue weighted by atomic mass is 35.5. The molecule has 2 rings (SSSR count). The molecule has 21 heavy (non-hydrogen) atoms. The fourth-order valence-electron chi connectivity index (χ4n) is 2.28. The molecule has 2 aromatic rings. The molecule has 1 N–H and O–H groups in total. The number of methoxy groups -OCH3 is 2. The molecule has 4 nitrogen and oxygen atoms in total. The Kier molecular flexibility index (Phi) is 5.42. The topological polar surface area (TPSA) is 43.4 Å². The molecular formula is C16H19ClN2O2. The van der Waals surface area contributed by atoms with Crippen LogP contribution in [0.5, 0.6) is 11.5 Å². The number of halogens is 1. The molecule has 1 atom stereocenters. The van der Waals surface area contributed by atoms with Crippen LogP contribution >= 0.6 is 11.6 Å². The Labute approximate surface area is 130 Å². The number of nitrogens with one attached hydrogen (secondary N) is 1. The molecule has 0 aliphatic heterocycles. The third-order valence-corrected chi connectivity index (χ3v) is 3.43. The van der Waals surface area contributed by atoms with E-state index in [-0.39, 0.29) is 6.04 Å². The summed E-state index contributed by atoms with van der Waals surface area (Å²) in [4.78, 5) is 4.42. The second-order valence-electron chi connectivity index (χ2n) is 4.47. The number of rotatable bonds is 6. The molecule has 0 fully saturated rings. The van der Waals surface area contributed by atoms with Gasteiger partial charge in [-0.1, -0.05) is 24.6 Å². The standard InChI is InChI=1S/C16H19ClN2O2/c1-4-18-16(12-9-8-11(17)10-19-12)15-13(20-2)6-5-7-14(15)21-3/h5-10,16,18H,4H2,1-3H3. The van der Waals surface area contributed by atoms with Crippen molar-refractivity contribution in [1.29, 1.82) is 0 Å². The van der Waals surface area contributed by atoms with Crippen molar-refractivity contribution in [2.45, 2.75) is 13.0 Å². The molecule has 1 aromatic carbocycles. The van der Waals surface area contributed by atoms with Crippen LogP contribution in [-0.2, 0) is 0 Å². The monoisotopic (exact) mass is 306 g/mol. The van der Waals surface area contributed by atoms with Crippen molar-refractivity contribution < 1.29 is 9.47 Å². The van der Waals surface area contributed by atoms with E-state index in [1.54, 1.807) is 20.4 Å². The van der Waals surface area contributed by atoms with Crippen LogP contribution in [0.3, 0.4) is 0 Å². The quantitative estimate of drug-likeness (QED) is 0.887. The fourth-order valence-corrected chi connectivity index (χ4v) is 2.39. The van der Waals surface area contributed by atoms with E-state index in [0.717, 1.165) is 29.3 Å². The zero-order chi connectivity index (χ0) is 15.2. The van der Waals surface area contributed by atoms with Gasteiger partial charge in [0, 0.05) is 6.20 Å². The van der Waals surface area contributed by atoms with Crippen LogP contribution in [0, 0.1) is 0 Å². The van der Waals surface area contributed by atoms with Crippen LogP contribution in [0.25, 0.3) is 0 Å². The molecular weight excluding hydrogens is 288 g/mol. The van der Waals surface area contributed by atoms with Gasteiger partial charge in [0.2, 0.25) is 0 Å². The lowest BCUT2D eigenvalue weighted by atomic mass is 10.0. The Morgan fingerprint density at radius 1 is 1.14 bits per heavy atom. The summed E-state index contributed by atoms with van der Waals surface area (Å²) in [7, 11) is 3.30. The lowest BCUT2D eigenvalue weighted by Crippen LogP contribution is -2.24. The van der Waals surface area contributed by atoms with Gasteiger partial charge in [-0.15, -0.1) is 0 Å². The van der Waals surface area contributed by atoms with Gasteiger partial charge in [-0.2, -0.15) is 0 Å². The van der Waals surface area contributed by atoms with Gasteiger partial charge in [-0.05, 0) is 30.8 Å². The second kappa shape index (κ2) is 7.29. The number of benzene rings is 1. The summed E-state index contributed by atoms with van der Waals surface area (Å²) >= 11 is 5.92. The van der Waals surface area contributed by atoms with E-state index in [2.05, 4.69) is 10.3 Å². The Morgan fingerprint density at radius 3 is 2.29 bits per heavy atom. The predicted octanol–water partition coefficient (Wildman–Crippen LogP) is 3.45. The zero-order valence-electron chi connectivity index (χ0n) is 12.4. The van der Waals surface area contributed by atoms with Gasteiger partial charge in [0.15, 0.2) is 0 Å². The van der Waals surface area contributed by atoms with Gasteiger partial charge in [-0.3, -0.25) is 4.98 Å². The van der Waals surface area contributed by atoms with Crippen LogP contribution in [0.1, 0.15) is 24.2 Å². The maximum atomic E-state index is 5.92. The number of ether oxygens (including phenoxy) is 2. The number of hydrogen-bond donors (Lipinski definition) is 1. The molecule has 0 spiro atoms. The summed E-state index contributed by atoms with van der Waals surface area (Å²) < 4.78 is 11.0. The minimum absolute atomic E-state index is 0.127. The van der Waals surface area contributed by atoms with Crippen molar-refractivity contribution in [3.63, 3.8) is 0 Å². The van der Waals surface area contributed by atoms with Crippen molar-refractivity contribution in [3.8, 4) is 11.5 Å². The summed E-state index contributed by atoms with van der Waals surface area (Å²) in [6, 6.07) is 9.34. The molecule has 0 aliphatic rings. The average molecular weight is 307 g/mol. The van der Waals surface area contributed by atoms with E-state index in [0.29, 0.717) is 5.02 Å². The molecule has 0 radical (unpaired) electrons. The first-order valence-electron chi connectivity index (χ1n) is 6.77. The minimum atomic E-state index is -0.127. The Bertz CT molecular complexity index is 565. The van der Waals surface area contributed by atoms with Gasteiger partial charge in [0.05, 0.1) is 36.5 Å². The van der Waals surface area contributed by atoms with Crippen LogP contribution in [0.2, 0.25) is 5.02 Å². The highest BCUT2D eigenvalue weighted by molar-refractivity contribution is 6.30. The first-order chi connectivity index (χ1) is 10.2. The Hall–Kier alpha value is -1.78. The Morgan fingerprint density at radius 2 is 1.81 bits per heavy atom. The third kappa shape index (κ3) is 3.46. The Balaban J connectivity index is 2.54. The molecule has 0 aliphatic carbocycles. The molecule has 1 unspecified atom stereocenters. The lowest BCUT2D eigenvalue weighted by Gasteiger charge is -2.22. The van der Waals surface area contributed by atoms with E-state index < -0.39 is 0 Å². The molecule has 0 amide bonds. The molecule has 5 heteroatoms. The summed E-state index contributed by atoms with van der Waals surface area (Å²) in [6.45, 7) is 2.83. The smallest absolute Gasteiger partial charge is 0.127 e. The summed E-state index contributed by atoms with van der Waals surface area (Å²) in [5, 5.41) is 4.03. The molecule has 112 valence electrons. The molecule has 1 aromatic heterocycles. The van der Waals surface area contributed by atoms with Crippen molar-refractivity contribution in [3.05, 3.63) is 52.8 Å². The normalized spacial score (nSPS) is 12.0. The highest BCUT2D eigenvalue weighted by Gasteiger charge is 2.22. The second-order valence-corrected chi connectivity index (χ2v) is 4.90. The van der Waals surface area contributed by atoms with E-state index >= 15 is 0 Å². The third-order valence-electron chi connectivity index (χ3n) is 3.21. The molecule has 0 bridgehead atoms. The van der Waals surface area contributed by atoms with E-state index in [1.807, 2.05) is 37.3 Å². The zero-order valence-corrected chi connectivity index (χ0v) is 13.1. The van der Waals surface area contributed by atoms with Crippen LogP contribution in [0.15, 0.2) is 36.5 Å². The first kappa shape index (κ1) is 15.6. The van der Waals surface area contributed by atoms with Gasteiger partial charge in [0.1, 0.15) is 11.5 Å². The molecule has 0 saturated carbocycles. The number of pyridine rings is 1.